The van der Waals surface area contributed by atoms with Crippen molar-refractivity contribution < 1.29 is 235 Å². The average molecular weight is 1210 g/mol. The number of hydrogen-bond acceptors (Lipinski definition) is 21. The van der Waals surface area contributed by atoms with Crippen LogP contribution < -0.4 is 144 Å². The number of benzene rings is 7. The Morgan fingerprint density at radius 1 is 0.438 bits per heavy atom. The van der Waals surface area contributed by atoms with Crippen LogP contribution in [-0.2, 0) is 74.6 Å². The minimum absolute atomic E-state index is 0. The van der Waals surface area contributed by atoms with Crippen LogP contribution in [0, 0.1) is 0 Å². The van der Waals surface area contributed by atoms with Crippen molar-refractivity contribution in [1.82, 2.24) is 0 Å². The van der Waals surface area contributed by atoms with Gasteiger partial charge < -0.3 is 55.6 Å². The van der Waals surface area contributed by atoms with E-state index < -0.39 is 139 Å². The van der Waals surface area contributed by atoms with Crippen LogP contribution in [0.3, 0.4) is 0 Å². The topological polar surface area (TPSA) is 465 Å². The summed E-state index contributed by atoms with van der Waals surface area (Å²) in [6, 6.07) is 18.7. The first-order chi connectivity index (χ1) is 30.3. The van der Waals surface area contributed by atoms with Crippen molar-refractivity contribution >= 4 is 96.4 Å². The van der Waals surface area contributed by atoms with Crippen molar-refractivity contribution in [3.05, 3.63) is 121 Å². The molecule has 368 valence electrons. The monoisotopic (exact) mass is 1210 g/mol. The zero-order valence-corrected chi connectivity index (χ0v) is 50.6. The van der Waals surface area contributed by atoms with E-state index in [9.17, 15) is 77.1 Å². The van der Waals surface area contributed by atoms with Crippen LogP contribution >= 0.6 is 0 Å². The summed E-state index contributed by atoms with van der Waals surface area (Å²) in [7, 11) is -22.0. The number of carbonyl (C=O) groups excluding carboxylic acids is 1. The third-order valence-corrected chi connectivity index (χ3v) is 12.8. The summed E-state index contributed by atoms with van der Waals surface area (Å²) >= 11 is 0. The van der Waals surface area contributed by atoms with E-state index in [0.717, 1.165) is 42.5 Å². The molecule has 1 amide bonds. The van der Waals surface area contributed by atoms with Crippen LogP contribution in [0.1, 0.15) is 10.4 Å². The van der Waals surface area contributed by atoms with E-state index in [-0.39, 0.29) is 181 Å². The van der Waals surface area contributed by atoms with Gasteiger partial charge in [-0.1, -0.05) is 77.6 Å². The number of fused-ring (bicyclic) bond motifs is 2. The molecule has 0 spiro atoms. The standard InChI is InChI=1S/C39H27N5O17S4.2Cu.H2N.4Na.H2O/c45-29-13-20(9-11-25(29)41-43-27-17-32(63(53,54)55)23-7-4-8-31(62(50,51)52)35(23)37(27)47)21-10-12-26(30(46)14-21)42-44-28-18-33(64(56,57)58)24-15-22(40-39(49)19-5-2-1-3-6-19)16-34(65(59,60)61)36(24)38(28)48;;;;;;;;/h1-18,45-48H,(H,40,49)(H,50,51,52)(H,53,54,55)(H,56,57,58)(H,59,60,61);;;1H2;;;;;1H2/q;2*+2;-1;4*+1;/p-8. The second-order valence-corrected chi connectivity index (χ2v) is 18.8. The maximum absolute atomic E-state index is 13.6. The van der Waals surface area contributed by atoms with Crippen LogP contribution in [0.4, 0.5) is 28.4 Å². The molecule has 0 aliphatic heterocycles. The molecule has 24 nitrogen and oxygen atoms in total. The Labute approximate surface area is 524 Å². The molecule has 0 aliphatic rings. The van der Waals surface area contributed by atoms with E-state index in [0.29, 0.717) is 24.3 Å². The second-order valence-electron chi connectivity index (χ2n) is 13.4. The Kier molecular flexibility index (Phi) is 28.1. The van der Waals surface area contributed by atoms with Gasteiger partial charge in [0.1, 0.15) is 40.5 Å². The molecule has 7 aromatic rings. The van der Waals surface area contributed by atoms with Gasteiger partial charge >= 0.3 is 152 Å². The first kappa shape index (κ1) is 72.6. The summed E-state index contributed by atoms with van der Waals surface area (Å²) in [5.41, 5.74) is -3.17. The molecule has 0 saturated heterocycles. The first-order valence-electron chi connectivity index (χ1n) is 17.6. The molecule has 2 radical (unpaired) electrons. The predicted molar refractivity (Wildman–Crippen MR) is 221 cm³/mol. The largest absolute Gasteiger partial charge is 2.00 e. The molecule has 0 fully saturated rings. The maximum Gasteiger partial charge on any atom is 2.00 e. The fourth-order valence-electron chi connectivity index (χ4n) is 6.41. The van der Waals surface area contributed by atoms with Gasteiger partial charge in [-0.2, -0.15) is 20.5 Å². The summed E-state index contributed by atoms with van der Waals surface area (Å²) in [6.07, 6.45) is 0. The predicted octanol–water partition coefficient (Wildman–Crippen LogP) is -8.44. The first-order valence-corrected chi connectivity index (χ1v) is 23.2. The number of nitrogens with two attached hydrogens (primary N) is 1. The Morgan fingerprint density at radius 2 is 0.836 bits per heavy atom. The Bertz CT molecular complexity index is 3740. The van der Waals surface area contributed by atoms with Crippen molar-refractivity contribution in [3.63, 3.8) is 0 Å². The molecule has 0 heterocycles. The summed E-state index contributed by atoms with van der Waals surface area (Å²) in [4.78, 5) is 7.97. The van der Waals surface area contributed by atoms with Crippen molar-refractivity contribution in [2.45, 2.75) is 19.6 Å². The molecule has 7 rings (SSSR count). The zero-order valence-electron chi connectivity index (χ0n) is 37.4. The number of nitrogens with zero attached hydrogens (tertiary/aromatic N) is 4. The van der Waals surface area contributed by atoms with Gasteiger partial charge in [-0.15, -0.1) is 0 Å². The van der Waals surface area contributed by atoms with Gasteiger partial charge in [-0.25, -0.2) is 33.7 Å². The fraction of sp³-hybridized carbons (Fsp3) is 0. The van der Waals surface area contributed by atoms with E-state index in [4.69, 9.17) is 0 Å². The van der Waals surface area contributed by atoms with Gasteiger partial charge in [0.15, 0.2) is 0 Å². The van der Waals surface area contributed by atoms with Crippen LogP contribution in [0.5, 0.6) is 23.0 Å². The summed E-state index contributed by atoms with van der Waals surface area (Å²) in [5, 5.41) is 66.0. The van der Waals surface area contributed by atoms with Crippen molar-refractivity contribution in [3.8, 4) is 34.1 Å². The van der Waals surface area contributed by atoms with Crippen molar-refractivity contribution in [1.29, 1.82) is 0 Å². The SMILES string of the molecule is O.O=C(Nc1cc(S(=O)(=O)[O-])c2c([O-])c(N=Nc3ccc(-c4ccc(N=Nc5cc(S(=O)(=O)[O-])c6cccc(S(=O)(=O)[O-])c6c5[O-])c([O-])c4)cc3[O-])cc(S(=O)(=O)[O-])c2c1)c1ccccc1.[Cu+2].[Cu+2].[NH2-].[Na+].[Na+].[Na+].[Na+]. The number of amides is 1. The van der Waals surface area contributed by atoms with Crippen molar-refractivity contribution in [2.75, 3.05) is 5.32 Å². The average Bonchev–Trinajstić information content (AvgIpc) is 3.22. The Morgan fingerprint density at radius 3 is 1.25 bits per heavy atom. The van der Waals surface area contributed by atoms with Gasteiger partial charge in [0, 0.05) is 16.6 Å². The van der Waals surface area contributed by atoms with Gasteiger partial charge in [0.2, 0.25) is 0 Å². The van der Waals surface area contributed by atoms with Crippen LogP contribution in [0.25, 0.3) is 38.8 Å². The number of azo groups is 2. The molecular weight excluding hydrogens is 1190 g/mol. The summed E-state index contributed by atoms with van der Waals surface area (Å²) in [6.45, 7) is 0. The van der Waals surface area contributed by atoms with Crippen molar-refractivity contribution in [2.24, 2.45) is 20.5 Å². The fourth-order valence-corrected chi connectivity index (χ4v) is 9.21. The zero-order chi connectivity index (χ0) is 47.4. The third-order valence-electron chi connectivity index (χ3n) is 9.27. The van der Waals surface area contributed by atoms with Gasteiger partial charge in [-0.3, -0.25) is 4.79 Å². The summed E-state index contributed by atoms with van der Waals surface area (Å²) < 4.78 is 146. The van der Waals surface area contributed by atoms with E-state index in [1.807, 2.05) is 0 Å². The van der Waals surface area contributed by atoms with Gasteiger partial charge in [0.05, 0.1) is 42.3 Å². The quantitative estimate of drug-likeness (QED) is 0.0714. The molecule has 0 saturated carbocycles. The van der Waals surface area contributed by atoms with Crippen LogP contribution in [-0.4, -0.2) is 63.3 Å². The van der Waals surface area contributed by atoms with Gasteiger partial charge in [-0.05, 0) is 81.9 Å². The van der Waals surface area contributed by atoms with Crippen LogP contribution in [0.2, 0.25) is 0 Å². The third kappa shape index (κ3) is 16.3. The molecular formula is C39H23Cu2N6Na4O18S4-. The number of carbonyl (C=O) groups is 1. The normalized spacial score (nSPS) is 11.3. The molecule has 0 bridgehead atoms. The number of anilines is 1. The Balaban J connectivity index is 0. The van der Waals surface area contributed by atoms with E-state index >= 15 is 0 Å². The molecule has 34 heteroatoms. The number of hydrogen-bond donors (Lipinski definition) is 1. The van der Waals surface area contributed by atoms with Gasteiger partial charge in [0.25, 0.3) is 5.91 Å². The molecule has 0 atom stereocenters. The smallest absolute Gasteiger partial charge is 0.871 e. The molecule has 0 aliphatic carbocycles. The number of rotatable bonds is 11. The molecule has 7 aromatic carbocycles. The minimum Gasteiger partial charge on any atom is -0.871 e. The second kappa shape index (κ2) is 28.2. The maximum atomic E-state index is 13.6. The molecule has 0 unspecified atom stereocenters. The molecule has 5 N–H and O–H groups in total. The molecule has 0 aromatic heterocycles. The van der Waals surface area contributed by atoms with E-state index in [1.165, 1.54) is 36.4 Å². The number of nitrogens with one attached hydrogen (secondary N) is 1. The minimum atomic E-state index is -5.63. The Hall–Kier alpha value is -2.47. The molecule has 73 heavy (non-hydrogen) atoms. The van der Waals surface area contributed by atoms with E-state index in [2.05, 4.69) is 25.8 Å². The van der Waals surface area contributed by atoms with E-state index in [1.54, 1.807) is 6.07 Å². The summed E-state index contributed by atoms with van der Waals surface area (Å²) in [5.74, 6) is -5.36. The van der Waals surface area contributed by atoms with Crippen LogP contribution in [0.15, 0.2) is 149 Å².